The summed E-state index contributed by atoms with van der Waals surface area (Å²) < 4.78 is 28.8. The summed E-state index contributed by atoms with van der Waals surface area (Å²) in [5, 5.41) is 4.68. The van der Waals surface area contributed by atoms with Crippen molar-refractivity contribution in [1.82, 2.24) is 19.7 Å². The van der Waals surface area contributed by atoms with Crippen LogP contribution in [0.5, 0.6) is 0 Å². The van der Waals surface area contributed by atoms with Crippen molar-refractivity contribution in [2.45, 2.75) is 31.1 Å². The molecule has 1 fully saturated rings. The molecule has 0 bridgehead atoms. The van der Waals surface area contributed by atoms with Gasteiger partial charge in [-0.2, -0.15) is 18.9 Å². The van der Waals surface area contributed by atoms with E-state index in [2.05, 4.69) is 16.1 Å². The number of halogens is 2. The highest BCUT2D eigenvalue weighted by atomic mass is 19.1. The molecule has 0 amide bonds. The smallest absolute Gasteiger partial charge is 0.241 e. The van der Waals surface area contributed by atoms with Crippen LogP contribution in [-0.4, -0.2) is 19.7 Å². The van der Waals surface area contributed by atoms with Gasteiger partial charge in [0.05, 0.1) is 22.5 Å². The van der Waals surface area contributed by atoms with Gasteiger partial charge in [0.25, 0.3) is 0 Å². The first-order valence-corrected chi connectivity index (χ1v) is 10.1. The monoisotopic (exact) mass is 402 g/mol. The molecular formula is C24H20F2N4. The minimum absolute atomic E-state index is 0.127. The normalized spacial score (nSPS) is 15.4. The highest BCUT2D eigenvalue weighted by molar-refractivity contribution is 5.59. The van der Waals surface area contributed by atoms with Gasteiger partial charge in [-0.05, 0) is 43.2 Å². The Hall–Kier alpha value is -3.41. The predicted octanol–water partition coefficient (Wildman–Crippen LogP) is 5.47. The van der Waals surface area contributed by atoms with E-state index in [4.69, 9.17) is 4.98 Å². The van der Waals surface area contributed by atoms with Crippen molar-refractivity contribution in [3.63, 3.8) is 0 Å². The predicted molar refractivity (Wildman–Crippen MR) is 110 cm³/mol. The van der Waals surface area contributed by atoms with E-state index in [0.29, 0.717) is 0 Å². The summed E-state index contributed by atoms with van der Waals surface area (Å²) in [5.74, 6) is -1.73. The third-order valence-corrected chi connectivity index (χ3v) is 5.89. The molecule has 3 heterocycles. The summed E-state index contributed by atoms with van der Waals surface area (Å²) in [6.45, 7) is 0. The Morgan fingerprint density at radius 2 is 1.57 bits per heavy atom. The molecule has 0 radical (unpaired) electrons. The van der Waals surface area contributed by atoms with Crippen LogP contribution in [0.4, 0.5) is 8.78 Å². The number of aromatic nitrogens is 4. The molecule has 0 saturated heterocycles. The van der Waals surface area contributed by atoms with E-state index in [9.17, 15) is 8.78 Å². The van der Waals surface area contributed by atoms with Crippen LogP contribution in [0, 0.1) is 11.9 Å². The molecule has 150 valence electrons. The number of rotatable bonds is 4. The van der Waals surface area contributed by atoms with Crippen molar-refractivity contribution in [2.75, 3.05) is 0 Å². The van der Waals surface area contributed by atoms with Gasteiger partial charge in [0.2, 0.25) is 11.9 Å². The highest BCUT2D eigenvalue weighted by Gasteiger charge is 2.41. The molecule has 30 heavy (non-hydrogen) atoms. The molecule has 1 aliphatic rings. The lowest BCUT2D eigenvalue weighted by atomic mass is 9.79. The Balaban J connectivity index is 1.57. The maximum absolute atomic E-state index is 14.2. The Morgan fingerprint density at radius 1 is 0.767 bits per heavy atom. The fourth-order valence-electron chi connectivity index (χ4n) is 4.38. The molecule has 0 spiro atoms. The van der Waals surface area contributed by atoms with E-state index >= 15 is 0 Å². The lowest BCUT2D eigenvalue weighted by Crippen LogP contribution is -2.26. The molecule has 1 aliphatic carbocycles. The van der Waals surface area contributed by atoms with Gasteiger partial charge >= 0.3 is 0 Å². The van der Waals surface area contributed by atoms with Crippen LogP contribution in [0.2, 0.25) is 0 Å². The first kappa shape index (κ1) is 18.6. The summed E-state index contributed by atoms with van der Waals surface area (Å²) in [4.78, 5) is 8.27. The Morgan fingerprint density at radius 3 is 2.33 bits per heavy atom. The van der Waals surface area contributed by atoms with Crippen molar-refractivity contribution < 1.29 is 8.78 Å². The van der Waals surface area contributed by atoms with E-state index in [1.54, 1.807) is 6.20 Å². The van der Waals surface area contributed by atoms with Crippen LogP contribution in [0.1, 0.15) is 37.1 Å². The summed E-state index contributed by atoms with van der Waals surface area (Å²) in [7, 11) is 0. The van der Waals surface area contributed by atoms with Crippen molar-refractivity contribution in [2.24, 2.45) is 0 Å². The number of benzene rings is 1. The van der Waals surface area contributed by atoms with E-state index in [0.717, 1.165) is 54.4 Å². The van der Waals surface area contributed by atoms with Crippen molar-refractivity contribution in [3.05, 3.63) is 96.2 Å². The zero-order valence-electron chi connectivity index (χ0n) is 16.3. The maximum Gasteiger partial charge on any atom is 0.241 e. The zero-order valence-corrected chi connectivity index (χ0v) is 16.3. The fourth-order valence-corrected chi connectivity index (χ4v) is 4.38. The Kier molecular flexibility index (Phi) is 4.62. The summed E-state index contributed by atoms with van der Waals surface area (Å²) in [6.07, 6.45) is 5.72. The van der Waals surface area contributed by atoms with Gasteiger partial charge < -0.3 is 0 Å². The van der Waals surface area contributed by atoms with Crippen LogP contribution >= 0.6 is 0 Å². The molecule has 3 aromatic heterocycles. The quantitative estimate of drug-likeness (QED) is 0.425. The van der Waals surface area contributed by atoms with Gasteiger partial charge in [-0.1, -0.05) is 49.2 Å². The largest absolute Gasteiger partial charge is 0.252 e. The maximum atomic E-state index is 14.2. The third-order valence-electron chi connectivity index (χ3n) is 5.89. The van der Waals surface area contributed by atoms with E-state index in [-0.39, 0.29) is 11.1 Å². The number of hydrogen-bond acceptors (Lipinski definition) is 3. The molecule has 1 saturated carbocycles. The summed E-state index contributed by atoms with van der Waals surface area (Å²) >= 11 is 0. The second kappa shape index (κ2) is 7.44. The number of pyridine rings is 2. The number of hydrogen-bond donors (Lipinski definition) is 0. The SMILES string of the molecule is Fc1ccc(-n2ccc(C3(c4cccc(-c5ccccc5)n4)CCCC3)n2)c(F)n1. The Labute approximate surface area is 173 Å². The van der Waals surface area contributed by atoms with E-state index in [1.807, 2.05) is 48.5 Å². The molecule has 0 atom stereocenters. The second-order valence-corrected chi connectivity index (χ2v) is 7.65. The van der Waals surface area contributed by atoms with Crippen LogP contribution in [0.15, 0.2) is 72.9 Å². The van der Waals surface area contributed by atoms with Gasteiger partial charge in [0.1, 0.15) is 5.69 Å². The number of nitrogens with zero attached hydrogens (tertiary/aromatic N) is 4. The summed E-state index contributed by atoms with van der Waals surface area (Å²) in [5.41, 5.74) is 3.62. The topological polar surface area (TPSA) is 43.6 Å². The average Bonchev–Trinajstić information content (AvgIpc) is 3.45. The van der Waals surface area contributed by atoms with Gasteiger partial charge in [-0.25, -0.2) is 4.68 Å². The molecular weight excluding hydrogens is 382 g/mol. The van der Waals surface area contributed by atoms with Gasteiger partial charge in [-0.15, -0.1) is 0 Å². The second-order valence-electron chi connectivity index (χ2n) is 7.65. The molecule has 4 nitrogen and oxygen atoms in total. The average molecular weight is 402 g/mol. The van der Waals surface area contributed by atoms with Crippen LogP contribution in [0.3, 0.4) is 0 Å². The van der Waals surface area contributed by atoms with Crippen LogP contribution in [-0.2, 0) is 5.41 Å². The first-order valence-electron chi connectivity index (χ1n) is 10.1. The fraction of sp³-hybridized carbons (Fsp3) is 0.208. The molecule has 6 heteroatoms. The molecule has 0 N–H and O–H groups in total. The molecule has 5 rings (SSSR count). The summed E-state index contributed by atoms with van der Waals surface area (Å²) in [6, 6.07) is 20.6. The first-order chi connectivity index (χ1) is 14.7. The van der Waals surface area contributed by atoms with Crippen LogP contribution in [0.25, 0.3) is 16.9 Å². The van der Waals surface area contributed by atoms with Gasteiger partial charge in [0, 0.05) is 11.8 Å². The molecule has 0 aliphatic heterocycles. The van der Waals surface area contributed by atoms with Crippen molar-refractivity contribution in [3.8, 4) is 16.9 Å². The Bertz CT molecular complexity index is 1180. The standard InChI is InChI=1S/C24H20F2N4/c25-22-12-11-19(23(26)28-22)30-16-13-21(29-30)24(14-4-5-15-24)20-10-6-9-18(27-20)17-7-2-1-3-8-17/h1-3,6-13,16H,4-5,14-15H2. The van der Waals surface area contributed by atoms with Gasteiger partial charge in [-0.3, -0.25) is 4.98 Å². The van der Waals surface area contributed by atoms with Crippen molar-refractivity contribution >= 4 is 0 Å². The van der Waals surface area contributed by atoms with Crippen molar-refractivity contribution in [1.29, 1.82) is 0 Å². The lowest BCUT2D eigenvalue weighted by molar-refractivity contribution is 0.489. The third kappa shape index (κ3) is 3.18. The van der Waals surface area contributed by atoms with Crippen LogP contribution < -0.4 is 0 Å². The zero-order chi connectivity index (χ0) is 20.6. The molecule has 1 aromatic carbocycles. The highest BCUT2D eigenvalue weighted by Crippen LogP contribution is 2.45. The van der Waals surface area contributed by atoms with Gasteiger partial charge in [0.15, 0.2) is 0 Å². The molecule has 0 unspecified atom stereocenters. The molecule has 4 aromatic rings. The lowest BCUT2D eigenvalue weighted by Gasteiger charge is -2.27. The van der Waals surface area contributed by atoms with E-state index in [1.165, 1.54) is 10.7 Å². The minimum atomic E-state index is -0.880. The van der Waals surface area contributed by atoms with E-state index < -0.39 is 11.9 Å². The minimum Gasteiger partial charge on any atom is -0.252 e.